The zero-order chi connectivity index (χ0) is 39.2. The van der Waals surface area contributed by atoms with E-state index in [2.05, 4.69) is 31.9 Å². The third-order valence-corrected chi connectivity index (χ3v) is 9.12. The molecule has 8 N–H and O–H groups in total. The molecule has 0 aliphatic carbocycles. The number of carbonyl (C=O) groups is 8. The van der Waals surface area contributed by atoms with Crippen molar-refractivity contribution in [2.45, 2.75) is 50.9 Å². The Hall–Kier alpha value is -5.61. The number of nitrogens with one attached hydrogen (secondary N) is 6. The number of carboxylic acid groups (broad SMARTS) is 2. The highest BCUT2D eigenvalue weighted by atomic mass is 16.4. The Morgan fingerprint density at radius 1 is 0.759 bits per heavy atom. The van der Waals surface area contributed by atoms with Crippen LogP contribution in [0.3, 0.4) is 0 Å². The predicted molar refractivity (Wildman–Crippen MR) is 187 cm³/mol. The van der Waals surface area contributed by atoms with Crippen molar-refractivity contribution in [3.63, 3.8) is 0 Å². The molecule has 1 aromatic heterocycles. The van der Waals surface area contributed by atoms with Gasteiger partial charge in [0.05, 0.1) is 18.1 Å². The molecule has 3 aliphatic heterocycles. The van der Waals surface area contributed by atoms with Crippen molar-refractivity contribution >= 4 is 47.9 Å². The minimum absolute atomic E-state index is 0.0113. The van der Waals surface area contributed by atoms with Crippen LogP contribution in [-0.2, 0) is 32.3 Å². The van der Waals surface area contributed by atoms with E-state index in [4.69, 9.17) is 4.98 Å². The lowest BCUT2D eigenvalue weighted by molar-refractivity contribution is -0.144. The lowest BCUT2D eigenvalue weighted by Gasteiger charge is -2.34. The number of carboxylic acids is 2. The number of aliphatic carboxylic acids is 2. The van der Waals surface area contributed by atoms with Crippen LogP contribution >= 0.6 is 0 Å². The molecule has 2 bridgehead atoms. The molecule has 0 radical (unpaired) electrons. The van der Waals surface area contributed by atoms with Gasteiger partial charge in [0.15, 0.2) is 0 Å². The molecule has 54 heavy (non-hydrogen) atoms. The van der Waals surface area contributed by atoms with E-state index in [0.29, 0.717) is 37.6 Å². The largest absolute Gasteiger partial charge is 0.480 e. The molecule has 2 atom stereocenters. The lowest BCUT2D eigenvalue weighted by Crippen LogP contribution is -2.55. The molecule has 2 fully saturated rings. The fourth-order valence-corrected chi connectivity index (χ4v) is 6.06. The van der Waals surface area contributed by atoms with E-state index in [-0.39, 0.29) is 78.3 Å². The smallest absolute Gasteiger partial charge is 0.325 e. The van der Waals surface area contributed by atoms with E-state index >= 15 is 0 Å². The van der Waals surface area contributed by atoms with E-state index in [1.165, 1.54) is 4.90 Å². The quantitative estimate of drug-likeness (QED) is 0.0992. The maximum absolute atomic E-state index is 12.5. The second-order valence-electron chi connectivity index (χ2n) is 13.0. The van der Waals surface area contributed by atoms with Crippen molar-refractivity contribution in [1.29, 1.82) is 0 Å². The van der Waals surface area contributed by atoms with Crippen molar-refractivity contribution in [3.05, 3.63) is 29.6 Å². The molecule has 10 amide bonds. The van der Waals surface area contributed by atoms with Gasteiger partial charge in [0.2, 0.25) is 11.8 Å². The maximum atomic E-state index is 12.5. The van der Waals surface area contributed by atoms with Crippen molar-refractivity contribution in [3.8, 4) is 0 Å². The van der Waals surface area contributed by atoms with Crippen LogP contribution in [0, 0.1) is 0 Å². The Bertz CT molecular complexity index is 1550. The Morgan fingerprint density at radius 3 is 1.83 bits per heavy atom. The minimum Gasteiger partial charge on any atom is -0.480 e. The standard InChI is InChI=1S/C32H48N12O10/c1-40-13-15-41(23(27(47)48)5-9-33-29(51)36-19-43-12-8-25(45)39-32(43)54)17-21-3-2-4-22(38-21)18-42(16-14-40)24(28(49)50)6-10-34-30(52)37-20-44-26(46)7-11-35-31(44)53/h2-4,23-24H,5-20H2,1H3,(H,35,53)(H,47,48)(H,49,50)(H2,33,36,51)(H2,34,37,52)(H,39,45,54). The van der Waals surface area contributed by atoms with Crippen LogP contribution in [0.5, 0.6) is 0 Å². The first kappa shape index (κ1) is 41.2. The summed E-state index contributed by atoms with van der Waals surface area (Å²) < 4.78 is 0. The van der Waals surface area contributed by atoms with Crippen molar-refractivity contribution in [2.24, 2.45) is 0 Å². The zero-order valence-electron chi connectivity index (χ0n) is 30.0. The van der Waals surface area contributed by atoms with Gasteiger partial charge in [-0.05, 0) is 32.0 Å². The Morgan fingerprint density at radius 2 is 1.31 bits per heavy atom. The molecule has 2 unspecified atom stereocenters. The number of likely N-dealkylation sites (N-methyl/N-ethyl adjacent to an activating group) is 1. The number of rotatable bonds is 14. The summed E-state index contributed by atoms with van der Waals surface area (Å²) in [5.74, 6) is -2.99. The summed E-state index contributed by atoms with van der Waals surface area (Å²) >= 11 is 0. The van der Waals surface area contributed by atoms with Gasteiger partial charge in [0.1, 0.15) is 18.8 Å². The summed E-state index contributed by atoms with van der Waals surface area (Å²) in [5, 5.41) is 35.3. The number of fused-ring (bicyclic) bond motifs is 2. The second kappa shape index (κ2) is 20.0. The number of amides is 10. The van der Waals surface area contributed by atoms with Gasteiger partial charge in [0.25, 0.3) is 0 Å². The van der Waals surface area contributed by atoms with Crippen LogP contribution in [0.25, 0.3) is 0 Å². The van der Waals surface area contributed by atoms with Gasteiger partial charge in [0, 0.05) is 78.3 Å². The molecule has 0 spiro atoms. The Kier molecular flexibility index (Phi) is 15.2. The van der Waals surface area contributed by atoms with Crippen LogP contribution < -0.4 is 31.9 Å². The topological polar surface area (TPSA) is 278 Å². The molecule has 4 heterocycles. The molecule has 3 aliphatic rings. The highest BCUT2D eigenvalue weighted by molar-refractivity contribution is 5.97. The van der Waals surface area contributed by atoms with Crippen molar-refractivity contribution in [2.75, 3.05) is 72.7 Å². The lowest BCUT2D eigenvalue weighted by atomic mass is 10.1. The molecule has 0 saturated carbocycles. The summed E-state index contributed by atoms with van der Waals surface area (Å²) in [6.07, 6.45) is 0.352. The average molecular weight is 761 g/mol. The first-order valence-corrected chi connectivity index (χ1v) is 17.6. The van der Waals surface area contributed by atoms with E-state index in [9.17, 15) is 48.6 Å². The maximum Gasteiger partial charge on any atom is 0.325 e. The molecule has 2 saturated heterocycles. The molecule has 22 heteroatoms. The third-order valence-electron chi connectivity index (χ3n) is 9.12. The number of nitrogens with zero attached hydrogens (tertiary/aromatic N) is 6. The highest BCUT2D eigenvalue weighted by Gasteiger charge is 2.30. The van der Waals surface area contributed by atoms with Gasteiger partial charge >= 0.3 is 36.1 Å². The first-order chi connectivity index (χ1) is 25.8. The second-order valence-corrected chi connectivity index (χ2v) is 13.0. The predicted octanol–water partition coefficient (Wildman–Crippen LogP) is -2.29. The van der Waals surface area contributed by atoms with Crippen LogP contribution in [0.15, 0.2) is 18.2 Å². The number of carbonyl (C=O) groups excluding carboxylic acids is 6. The summed E-state index contributed by atoms with van der Waals surface area (Å²) in [7, 11) is 1.84. The number of hydrogen-bond donors (Lipinski definition) is 8. The Labute approximate surface area is 310 Å². The molecular weight excluding hydrogens is 712 g/mol. The number of imide groups is 2. The summed E-state index contributed by atoms with van der Waals surface area (Å²) in [4.78, 5) is 109. The van der Waals surface area contributed by atoms with Crippen LogP contribution in [0.4, 0.5) is 19.2 Å². The van der Waals surface area contributed by atoms with Gasteiger partial charge in [-0.25, -0.2) is 24.1 Å². The number of hydrogen-bond acceptors (Lipinski definition) is 12. The normalized spacial score (nSPS) is 19.0. The van der Waals surface area contributed by atoms with Gasteiger partial charge in [-0.2, -0.15) is 0 Å². The average Bonchev–Trinajstić information content (AvgIpc) is 3.11. The highest BCUT2D eigenvalue weighted by Crippen LogP contribution is 2.16. The third kappa shape index (κ3) is 12.5. The fourth-order valence-electron chi connectivity index (χ4n) is 6.06. The minimum atomic E-state index is -1.09. The molecular formula is C32H48N12O10. The van der Waals surface area contributed by atoms with Crippen LogP contribution in [0.1, 0.15) is 37.1 Å². The van der Waals surface area contributed by atoms with E-state index < -0.39 is 60.0 Å². The van der Waals surface area contributed by atoms with Gasteiger partial charge in [-0.1, -0.05) is 6.07 Å². The summed E-state index contributed by atoms with van der Waals surface area (Å²) in [6, 6.07) is 0.801. The summed E-state index contributed by atoms with van der Waals surface area (Å²) in [5.41, 5.74) is 1.13. The van der Waals surface area contributed by atoms with Gasteiger partial charge in [-0.3, -0.25) is 39.3 Å². The number of aromatic nitrogens is 1. The first-order valence-electron chi connectivity index (χ1n) is 17.6. The van der Waals surface area contributed by atoms with E-state index in [1.54, 1.807) is 28.0 Å². The SMILES string of the molecule is CN1CCN(C(CCNC(=O)NCN2CCC(=O)NC2=O)C(=O)O)Cc2cccc(n2)CN(C(CCNC(=O)NCN2C(=O)CCNC2=O)C(=O)O)CC1. The zero-order valence-corrected chi connectivity index (χ0v) is 30.0. The molecule has 0 aromatic carbocycles. The molecule has 4 rings (SSSR count). The van der Waals surface area contributed by atoms with Gasteiger partial charge < -0.3 is 46.6 Å². The van der Waals surface area contributed by atoms with Crippen molar-refractivity contribution < 1.29 is 48.6 Å². The van der Waals surface area contributed by atoms with E-state index in [1.807, 2.05) is 11.9 Å². The fraction of sp³-hybridized carbons (Fsp3) is 0.594. The number of pyridine rings is 1. The number of urea groups is 4. The van der Waals surface area contributed by atoms with E-state index in [0.717, 1.165) is 4.90 Å². The summed E-state index contributed by atoms with van der Waals surface area (Å²) in [6.45, 7) is 1.76. The van der Waals surface area contributed by atoms with Crippen molar-refractivity contribution in [1.82, 2.24) is 61.4 Å². The molecule has 22 nitrogen and oxygen atoms in total. The van der Waals surface area contributed by atoms with Crippen LogP contribution in [0.2, 0.25) is 0 Å². The van der Waals surface area contributed by atoms with Crippen LogP contribution in [-0.4, -0.2) is 172 Å². The monoisotopic (exact) mass is 760 g/mol. The van der Waals surface area contributed by atoms with Gasteiger partial charge in [-0.15, -0.1) is 0 Å². The Balaban J connectivity index is 1.33. The molecule has 1 aromatic rings. The molecule has 296 valence electrons.